The molecule has 0 aromatic heterocycles. The zero-order chi connectivity index (χ0) is 20.3. The lowest BCUT2D eigenvalue weighted by Gasteiger charge is -2.26. The summed E-state index contributed by atoms with van der Waals surface area (Å²) in [5, 5.41) is 22.7. The second kappa shape index (κ2) is 8.25. The highest BCUT2D eigenvalue weighted by Gasteiger charge is 2.26. The molecule has 0 amide bonds. The van der Waals surface area contributed by atoms with Crippen molar-refractivity contribution in [1.82, 2.24) is 0 Å². The predicted octanol–water partition coefficient (Wildman–Crippen LogP) is -0.547. The molecule has 2 aliphatic heterocycles. The Bertz CT molecular complexity index is 941. The number of nitrogens with one attached hydrogen (secondary N) is 1. The molecule has 0 spiro atoms. The number of aliphatic hydroxyl groups is 2. The summed E-state index contributed by atoms with van der Waals surface area (Å²) in [6.45, 7) is 0.970. The first-order chi connectivity index (χ1) is 13.3. The van der Waals surface area contributed by atoms with Crippen LogP contribution >= 0.6 is 0 Å². The zero-order valence-corrected chi connectivity index (χ0v) is 16.4. The van der Waals surface area contributed by atoms with E-state index < -0.39 is 10.0 Å². The van der Waals surface area contributed by atoms with Crippen molar-refractivity contribution in [2.75, 3.05) is 42.2 Å². The molecule has 1 aromatic carbocycles. The van der Waals surface area contributed by atoms with Gasteiger partial charge >= 0.3 is 5.84 Å². The summed E-state index contributed by atoms with van der Waals surface area (Å²) >= 11 is 0. The highest BCUT2D eigenvalue weighted by Crippen LogP contribution is 2.34. The first kappa shape index (κ1) is 20.2. The Morgan fingerprint density at radius 2 is 2.21 bits per heavy atom. The van der Waals surface area contributed by atoms with Gasteiger partial charge in [0.25, 0.3) is 0 Å². The van der Waals surface area contributed by atoms with Crippen LogP contribution in [0.25, 0.3) is 0 Å². The summed E-state index contributed by atoms with van der Waals surface area (Å²) in [5.41, 5.74) is 7.90. The summed E-state index contributed by atoms with van der Waals surface area (Å²) in [6.07, 6.45) is 4.39. The number of aliphatic imine (C=N–C) groups is 1. The molecule has 0 bridgehead atoms. The fraction of sp³-hybridized carbons (Fsp3) is 0.471. The maximum absolute atomic E-state index is 11.8. The molecule has 1 aromatic rings. The number of benzene rings is 1. The minimum atomic E-state index is -3.53. The Kier molecular flexibility index (Phi) is 5.96. The van der Waals surface area contributed by atoms with Crippen LogP contribution in [0.4, 0.5) is 17.1 Å². The van der Waals surface area contributed by atoms with Gasteiger partial charge in [-0.15, -0.1) is 4.68 Å². The molecule has 11 heteroatoms. The van der Waals surface area contributed by atoms with Crippen LogP contribution in [0.5, 0.6) is 0 Å². The molecule has 10 nitrogen and oxygen atoms in total. The van der Waals surface area contributed by atoms with Gasteiger partial charge in [-0.05, 0) is 31.0 Å². The zero-order valence-electron chi connectivity index (χ0n) is 15.6. The summed E-state index contributed by atoms with van der Waals surface area (Å²) in [4.78, 5) is 6.51. The smallest absolute Gasteiger partial charge is 0.321 e. The van der Waals surface area contributed by atoms with Gasteiger partial charge in [-0.2, -0.15) is 0 Å². The first-order valence-corrected chi connectivity index (χ1v) is 10.8. The number of hydrogen-bond acceptors (Lipinski definition) is 8. The van der Waals surface area contributed by atoms with Crippen LogP contribution in [-0.4, -0.2) is 79.7 Å². The van der Waals surface area contributed by atoms with Crippen LogP contribution in [-0.2, 0) is 10.0 Å². The number of β-amino-alcohol motifs (C(OH)–C–C–N with tert-alkyl or cyclic N) is 1. The third-order valence-electron chi connectivity index (χ3n) is 4.61. The van der Waals surface area contributed by atoms with E-state index in [9.17, 15) is 13.5 Å². The third kappa shape index (κ3) is 4.49. The van der Waals surface area contributed by atoms with E-state index in [2.05, 4.69) is 19.7 Å². The van der Waals surface area contributed by atoms with Crippen LogP contribution in [0.3, 0.4) is 0 Å². The maximum Gasteiger partial charge on any atom is 0.321 e. The molecule has 1 fully saturated rings. The largest absolute Gasteiger partial charge is 0.394 e. The van der Waals surface area contributed by atoms with Gasteiger partial charge in [0, 0.05) is 12.2 Å². The van der Waals surface area contributed by atoms with Crippen molar-refractivity contribution in [1.29, 1.82) is 0 Å². The molecule has 1 unspecified atom stereocenters. The van der Waals surface area contributed by atoms with Crippen molar-refractivity contribution in [3.05, 3.63) is 18.2 Å². The van der Waals surface area contributed by atoms with Gasteiger partial charge in [-0.1, -0.05) is 5.10 Å². The SMILES string of the molecule is CS(=O)(=O)Nc1cc(N2CCCC2CO)ccc1N=C1C=N[N+](CCO)=C1N. The topological polar surface area (TPSA) is 144 Å². The number of nitrogens with two attached hydrogens (primary N) is 1. The highest BCUT2D eigenvalue weighted by molar-refractivity contribution is 7.92. The van der Waals surface area contributed by atoms with Crippen molar-refractivity contribution >= 4 is 44.8 Å². The van der Waals surface area contributed by atoms with E-state index in [1.54, 1.807) is 12.1 Å². The summed E-state index contributed by atoms with van der Waals surface area (Å²) in [6, 6.07) is 5.27. The molecular weight excluding hydrogens is 384 g/mol. The summed E-state index contributed by atoms with van der Waals surface area (Å²) in [7, 11) is -3.53. The fourth-order valence-corrected chi connectivity index (χ4v) is 3.88. The van der Waals surface area contributed by atoms with Crippen LogP contribution in [0.15, 0.2) is 28.3 Å². The minimum absolute atomic E-state index is 0.0150. The Labute approximate surface area is 163 Å². The number of nitrogens with zero attached hydrogens (tertiary/aromatic N) is 4. The van der Waals surface area contributed by atoms with Crippen molar-refractivity contribution in [2.24, 2.45) is 15.8 Å². The molecule has 152 valence electrons. The van der Waals surface area contributed by atoms with Crippen LogP contribution in [0.2, 0.25) is 0 Å². The minimum Gasteiger partial charge on any atom is -0.394 e. The molecule has 2 heterocycles. The molecule has 5 N–H and O–H groups in total. The standard InChI is InChI=1S/C17H24N6O4S/c1-28(26,27)21-15-9-12(22-6-2-3-13(22)11-25)4-5-14(15)20-16-10-19-23(7-8-24)17(16)18/h4-5,9-10,13,24-25H,2-3,6-8,11H2,1H3,(H2,18,19,21)/p+1. The van der Waals surface area contributed by atoms with Gasteiger partial charge in [0.1, 0.15) is 12.8 Å². The van der Waals surface area contributed by atoms with E-state index in [4.69, 9.17) is 10.8 Å². The normalized spacial score (nSPS) is 21.2. The number of rotatable bonds is 7. The predicted molar refractivity (Wildman–Crippen MR) is 109 cm³/mol. The first-order valence-electron chi connectivity index (χ1n) is 8.95. The third-order valence-corrected chi connectivity index (χ3v) is 5.20. The lowest BCUT2D eigenvalue weighted by atomic mass is 10.2. The van der Waals surface area contributed by atoms with Gasteiger partial charge in [-0.25, -0.2) is 13.4 Å². The molecule has 2 aliphatic rings. The lowest BCUT2D eigenvalue weighted by molar-refractivity contribution is -0.532. The van der Waals surface area contributed by atoms with Gasteiger partial charge in [-0.3, -0.25) is 10.5 Å². The molecular formula is C17H25N6O4S+. The Hall–Kier alpha value is -2.50. The van der Waals surface area contributed by atoms with Crippen molar-refractivity contribution in [3.63, 3.8) is 0 Å². The van der Waals surface area contributed by atoms with Crippen LogP contribution in [0.1, 0.15) is 12.8 Å². The lowest BCUT2D eigenvalue weighted by Crippen LogP contribution is -2.32. The molecule has 0 radical (unpaired) electrons. The molecule has 0 aliphatic carbocycles. The Morgan fingerprint density at radius 1 is 1.43 bits per heavy atom. The second-order valence-electron chi connectivity index (χ2n) is 6.72. The number of hydrazone groups is 1. The maximum atomic E-state index is 11.8. The summed E-state index contributed by atoms with van der Waals surface area (Å²) in [5.74, 6) is 0.281. The van der Waals surface area contributed by atoms with E-state index in [0.717, 1.165) is 31.3 Å². The number of anilines is 2. The number of aliphatic hydroxyl groups excluding tert-OH is 2. The van der Waals surface area contributed by atoms with Gasteiger partial charge in [0.2, 0.25) is 10.0 Å². The molecule has 3 rings (SSSR count). The van der Waals surface area contributed by atoms with E-state index >= 15 is 0 Å². The van der Waals surface area contributed by atoms with E-state index in [1.807, 2.05) is 6.07 Å². The van der Waals surface area contributed by atoms with Crippen molar-refractivity contribution in [3.8, 4) is 0 Å². The Balaban J connectivity index is 1.99. The molecule has 1 saturated heterocycles. The van der Waals surface area contributed by atoms with Gasteiger partial charge < -0.3 is 15.1 Å². The average Bonchev–Trinajstić information content (AvgIpc) is 3.24. The fourth-order valence-electron chi connectivity index (χ4n) is 3.32. The van der Waals surface area contributed by atoms with Gasteiger partial charge in [0.15, 0.2) is 5.71 Å². The van der Waals surface area contributed by atoms with Crippen LogP contribution < -0.4 is 15.4 Å². The van der Waals surface area contributed by atoms with E-state index in [0.29, 0.717) is 17.1 Å². The highest BCUT2D eigenvalue weighted by atomic mass is 32.2. The van der Waals surface area contributed by atoms with Gasteiger partial charge in [0.05, 0.1) is 36.9 Å². The average molecular weight is 409 g/mol. The van der Waals surface area contributed by atoms with E-state index in [1.165, 1.54) is 10.9 Å². The van der Waals surface area contributed by atoms with Crippen LogP contribution in [0, 0.1) is 0 Å². The molecule has 1 atom stereocenters. The number of amidine groups is 1. The monoisotopic (exact) mass is 409 g/mol. The second-order valence-corrected chi connectivity index (χ2v) is 8.47. The quantitative estimate of drug-likeness (QED) is 0.445. The molecule has 0 saturated carbocycles. The number of sulfonamides is 1. The van der Waals surface area contributed by atoms with Crippen molar-refractivity contribution in [2.45, 2.75) is 18.9 Å². The number of hydrogen-bond donors (Lipinski definition) is 4. The van der Waals surface area contributed by atoms with E-state index in [-0.39, 0.29) is 31.6 Å². The molecule has 28 heavy (non-hydrogen) atoms. The Morgan fingerprint density at radius 3 is 2.89 bits per heavy atom. The summed E-state index contributed by atoms with van der Waals surface area (Å²) < 4.78 is 27.6. The van der Waals surface area contributed by atoms with Crippen molar-refractivity contribution < 1.29 is 23.3 Å².